The average molecular weight is 127 g/mol. The fourth-order valence-corrected chi connectivity index (χ4v) is 0.209. The van der Waals surface area contributed by atoms with Gasteiger partial charge in [0, 0.05) is 0 Å². The van der Waals surface area contributed by atoms with Gasteiger partial charge < -0.3 is 10.5 Å². The molecule has 0 atom stereocenters. The molecule has 0 aromatic carbocycles. The van der Waals surface area contributed by atoms with Crippen molar-refractivity contribution in [3.8, 4) is 0 Å². The molecule has 0 aromatic heterocycles. The van der Waals surface area contributed by atoms with E-state index in [1.165, 1.54) is 0 Å². The van der Waals surface area contributed by atoms with Crippen LogP contribution in [0.5, 0.6) is 0 Å². The third-order valence-electron chi connectivity index (χ3n) is 0.700. The van der Waals surface area contributed by atoms with E-state index in [9.17, 15) is 4.79 Å². The number of hydrogen-bond donors (Lipinski definition) is 1. The predicted octanol–water partition coefficient (Wildman–Crippen LogP) is 1.17. The molecule has 1 amide bonds. The molecule has 2 N–H and O–H groups in total. The van der Waals surface area contributed by atoms with E-state index in [4.69, 9.17) is 0 Å². The lowest BCUT2D eigenvalue weighted by atomic mass is 10.3. The van der Waals surface area contributed by atoms with Crippen LogP contribution in [0.15, 0.2) is 24.5 Å². The molecule has 0 bridgehead atoms. The Labute approximate surface area is 53.8 Å². The second-order valence-corrected chi connectivity index (χ2v) is 1.62. The molecule has 0 unspecified atom stereocenters. The van der Waals surface area contributed by atoms with Crippen LogP contribution in [-0.2, 0) is 4.74 Å². The van der Waals surface area contributed by atoms with Crippen LogP contribution in [0.3, 0.4) is 0 Å². The molecule has 0 fully saturated rings. The van der Waals surface area contributed by atoms with Crippen molar-refractivity contribution in [1.82, 2.24) is 0 Å². The Morgan fingerprint density at radius 1 is 1.56 bits per heavy atom. The van der Waals surface area contributed by atoms with Crippen molar-refractivity contribution >= 4 is 6.09 Å². The van der Waals surface area contributed by atoms with Crippen LogP contribution in [0.25, 0.3) is 0 Å². The number of rotatable bonds is 2. The van der Waals surface area contributed by atoms with Crippen molar-refractivity contribution in [3.63, 3.8) is 0 Å². The highest BCUT2D eigenvalue weighted by Gasteiger charge is 1.97. The molecule has 0 heterocycles. The molecule has 9 heavy (non-hydrogen) atoms. The summed E-state index contributed by atoms with van der Waals surface area (Å²) in [5, 5.41) is 0. The lowest BCUT2D eigenvalue weighted by Crippen LogP contribution is -2.12. The lowest BCUT2D eigenvalue weighted by Gasteiger charge is -2.01. The number of hydrogen-bond acceptors (Lipinski definition) is 2. The maximum absolute atomic E-state index is 10.0. The Hall–Kier alpha value is -1.25. The van der Waals surface area contributed by atoms with Gasteiger partial charge in [0.25, 0.3) is 0 Å². The first-order valence-corrected chi connectivity index (χ1v) is 2.36. The third-order valence-corrected chi connectivity index (χ3v) is 0.700. The van der Waals surface area contributed by atoms with E-state index in [1.807, 2.05) is 0 Å². The van der Waals surface area contributed by atoms with Gasteiger partial charge in [0.1, 0.15) is 5.76 Å². The summed E-state index contributed by atoms with van der Waals surface area (Å²) in [6.07, 6.45) is -0.858. The van der Waals surface area contributed by atoms with E-state index < -0.39 is 6.09 Å². The highest BCUT2D eigenvalue weighted by Crippen LogP contribution is 2.03. The monoisotopic (exact) mass is 127 g/mol. The maximum Gasteiger partial charge on any atom is 0.409 e. The summed E-state index contributed by atoms with van der Waals surface area (Å²) in [6.45, 7) is 8.52. The van der Waals surface area contributed by atoms with Gasteiger partial charge in [0.2, 0.25) is 0 Å². The summed E-state index contributed by atoms with van der Waals surface area (Å²) in [4.78, 5) is 10.0. The van der Waals surface area contributed by atoms with Crippen LogP contribution in [0, 0.1) is 0 Å². The highest BCUT2D eigenvalue weighted by atomic mass is 16.5. The van der Waals surface area contributed by atoms with E-state index in [-0.39, 0.29) is 5.76 Å². The summed E-state index contributed by atoms with van der Waals surface area (Å²) in [6, 6.07) is 0. The van der Waals surface area contributed by atoms with Gasteiger partial charge in [-0.1, -0.05) is 13.2 Å². The summed E-state index contributed by atoms with van der Waals surface area (Å²) < 4.78 is 4.36. The molecule has 3 heteroatoms. The predicted molar refractivity (Wildman–Crippen MR) is 34.6 cm³/mol. The Morgan fingerprint density at radius 2 is 2.00 bits per heavy atom. The minimum absolute atomic E-state index is 0.211. The Bertz CT molecular complexity index is 160. The summed E-state index contributed by atoms with van der Waals surface area (Å²) in [7, 11) is 0. The van der Waals surface area contributed by atoms with E-state index in [0.29, 0.717) is 5.57 Å². The summed E-state index contributed by atoms with van der Waals surface area (Å²) in [5.74, 6) is 0.211. The summed E-state index contributed by atoms with van der Waals surface area (Å²) >= 11 is 0. The lowest BCUT2D eigenvalue weighted by molar-refractivity contribution is 0.189. The van der Waals surface area contributed by atoms with Crippen molar-refractivity contribution in [3.05, 3.63) is 24.5 Å². The van der Waals surface area contributed by atoms with Crippen molar-refractivity contribution in [2.45, 2.75) is 6.92 Å². The molecule has 0 aliphatic heterocycles. The zero-order valence-corrected chi connectivity index (χ0v) is 5.31. The van der Waals surface area contributed by atoms with E-state index >= 15 is 0 Å². The first kappa shape index (κ1) is 7.75. The Balaban J connectivity index is 3.79. The molecule has 50 valence electrons. The largest absolute Gasteiger partial charge is 0.411 e. The highest BCUT2D eigenvalue weighted by molar-refractivity contribution is 5.66. The molecule has 0 rings (SSSR count). The van der Waals surface area contributed by atoms with Crippen LogP contribution in [-0.4, -0.2) is 6.09 Å². The second kappa shape index (κ2) is 2.91. The number of nitrogens with two attached hydrogens (primary N) is 1. The van der Waals surface area contributed by atoms with E-state index in [2.05, 4.69) is 23.6 Å². The SMILES string of the molecule is C=C(C)C(=C)OC(N)=O. The first-order chi connectivity index (χ1) is 4.04. The number of amides is 1. The van der Waals surface area contributed by atoms with Crippen molar-refractivity contribution in [2.24, 2.45) is 5.73 Å². The molecule has 0 spiro atoms. The molecule has 0 aromatic rings. The zero-order valence-electron chi connectivity index (χ0n) is 5.31. The fourth-order valence-electron chi connectivity index (χ4n) is 0.209. The molecular weight excluding hydrogens is 118 g/mol. The number of carbonyl (C=O) groups is 1. The van der Waals surface area contributed by atoms with Crippen LogP contribution >= 0.6 is 0 Å². The quantitative estimate of drug-likeness (QED) is 0.447. The van der Waals surface area contributed by atoms with Crippen molar-refractivity contribution < 1.29 is 9.53 Å². The second-order valence-electron chi connectivity index (χ2n) is 1.62. The number of allylic oxidation sites excluding steroid dienone is 1. The van der Waals surface area contributed by atoms with Gasteiger partial charge in [-0.2, -0.15) is 0 Å². The van der Waals surface area contributed by atoms with E-state index in [0.717, 1.165) is 0 Å². The topological polar surface area (TPSA) is 52.3 Å². The third kappa shape index (κ3) is 3.34. The Morgan fingerprint density at radius 3 is 2.11 bits per heavy atom. The van der Waals surface area contributed by atoms with Gasteiger partial charge in [-0.05, 0) is 12.5 Å². The van der Waals surface area contributed by atoms with Gasteiger partial charge >= 0.3 is 6.09 Å². The van der Waals surface area contributed by atoms with Gasteiger partial charge in [-0.15, -0.1) is 0 Å². The minimum Gasteiger partial charge on any atom is -0.411 e. The molecule has 0 saturated heterocycles. The van der Waals surface area contributed by atoms with Gasteiger partial charge in [0.05, 0.1) is 0 Å². The Kier molecular flexibility index (Phi) is 2.51. The molecule has 0 aliphatic rings. The minimum atomic E-state index is -0.858. The first-order valence-electron chi connectivity index (χ1n) is 2.36. The standard InChI is InChI=1S/C6H9NO2/c1-4(2)5(3)9-6(7)8/h1,3H2,2H3,(H2,7,8). The number of carbonyl (C=O) groups excluding carboxylic acids is 1. The number of primary amides is 1. The van der Waals surface area contributed by atoms with Crippen LogP contribution in [0.1, 0.15) is 6.92 Å². The van der Waals surface area contributed by atoms with Crippen LogP contribution < -0.4 is 5.73 Å². The maximum atomic E-state index is 10.0. The van der Waals surface area contributed by atoms with Crippen LogP contribution in [0.2, 0.25) is 0 Å². The van der Waals surface area contributed by atoms with Crippen LogP contribution in [0.4, 0.5) is 4.79 Å². The number of ether oxygens (including phenoxy) is 1. The van der Waals surface area contributed by atoms with Gasteiger partial charge in [0.15, 0.2) is 0 Å². The molecule has 0 radical (unpaired) electrons. The van der Waals surface area contributed by atoms with Crippen molar-refractivity contribution in [1.29, 1.82) is 0 Å². The molecule has 0 aliphatic carbocycles. The van der Waals surface area contributed by atoms with E-state index in [1.54, 1.807) is 6.92 Å². The fraction of sp³-hybridized carbons (Fsp3) is 0.167. The van der Waals surface area contributed by atoms with Crippen molar-refractivity contribution in [2.75, 3.05) is 0 Å². The van der Waals surface area contributed by atoms with Gasteiger partial charge in [-0.25, -0.2) is 4.79 Å². The van der Waals surface area contributed by atoms with Gasteiger partial charge in [-0.3, -0.25) is 0 Å². The summed E-state index contributed by atoms with van der Waals surface area (Å²) in [5.41, 5.74) is 5.26. The zero-order chi connectivity index (χ0) is 7.44. The smallest absolute Gasteiger partial charge is 0.409 e. The molecule has 3 nitrogen and oxygen atoms in total. The molecule has 0 saturated carbocycles. The normalized spacial score (nSPS) is 8.11. The molecular formula is C6H9NO2. The average Bonchev–Trinajstić information content (AvgIpc) is 1.63.